The Morgan fingerprint density at radius 3 is 2.38 bits per heavy atom. The highest BCUT2D eigenvalue weighted by atomic mass is 32.2. The summed E-state index contributed by atoms with van der Waals surface area (Å²) >= 11 is 0. The van der Waals surface area contributed by atoms with E-state index in [-0.39, 0.29) is 10.8 Å². The number of nitrogens with zero attached hydrogens (tertiary/aromatic N) is 3. The van der Waals surface area contributed by atoms with Gasteiger partial charge in [-0.25, -0.2) is 13.4 Å². The Morgan fingerprint density at radius 1 is 1.06 bits per heavy atom. The van der Waals surface area contributed by atoms with Crippen LogP contribution < -0.4 is 10.2 Å². The largest absolute Gasteiger partial charge is 0.378 e. The van der Waals surface area contributed by atoms with Crippen LogP contribution in [0, 0.1) is 5.92 Å². The Hall–Kier alpha value is -2.49. The van der Waals surface area contributed by atoms with Gasteiger partial charge in [0.2, 0.25) is 10.0 Å². The lowest BCUT2D eigenvalue weighted by atomic mass is 10.0. The number of aromatic nitrogens is 1. The normalized spacial score (nSPS) is 18.5. The average Bonchev–Trinajstić information content (AvgIpc) is 2.84. The van der Waals surface area contributed by atoms with Crippen molar-refractivity contribution in [3.8, 4) is 0 Å². The molecule has 8 nitrogen and oxygen atoms in total. The van der Waals surface area contributed by atoms with Gasteiger partial charge in [0.05, 0.1) is 18.1 Å². The number of sulfonamides is 1. The van der Waals surface area contributed by atoms with E-state index in [1.54, 1.807) is 18.3 Å². The molecule has 1 aromatic carbocycles. The van der Waals surface area contributed by atoms with Crippen molar-refractivity contribution in [2.24, 2.45) is 5.92 Å². The second-order valence-electron chi connectivity index (χ2n) is 8.42. The van der Waals surface area contributed by atoms with Crippen LogP contribution in [0.1, 0.15) is 35.7 Å². The van der Waals surface area contributed by atoms with Crippen molar-refractivity contribution >= 4 is 21.7 Å². The number of amides is 1. The fourth-order valence-corrected chi connectivity index (χ4v) is 5.41. The first kappa shape index (κ1) is 22.7. The van der Waals surface area contributed by atoms with E-state index in [4.69, 9.17) is 4.74 Å². The van der Waals surface area contributed by atoms with Crippen LogP contribution in [0.3, 0.4) is 0 Å². The molecular formula is C23H30N4O4S. The number of anilines is 1. The van der Waals surface area contributed by atoms with Crippen LogP contribution in [0.25, 0.3) is 0 Å². The van der Waals surface area contributed by atoms with Gasteiger partial charge >= 0.3 is 0 Å². The molecule has 9 heteroatoms. The Bertz CT molecular complexity index is 1010. The molecule has 0 saturated carbocycles. The molecule has 3 heterocycles. The molecular weight excluding hydrogens is 428 g/mol. The molecule has 1 N–H and O–H groups in total. The second kappa shape index (κ2) is 9.97. The number of rotatable bonds is 6. The maximum absolute atomic E-state index is 12.8. The summed E-state index contributed by atoms with van der Waals surface area (Å²) in [5.41, 5.74) is 1.32. The molecule has 0 radical (unpaired) electrons. The summed E-state index contributed by atoms with van der Waals surface area (Å²) in [6.07, 6.45) is 3.52. The van der Waals surface area contributed by atoms with Gasteiger partial charge in [-0.15, -0.1) is 0 Å². The summed E-state index contributed by atoms with van der Waals surface area (Å²) in [6, 6.07) is 10.1. The Labute approximate surface area is 189 Å². The van der Waals surface area contributed by atoms with Crippen LogP contribution >= 0.6 is 0 Å². The van der Waals surface area contributed by atoms with Crippen molar-refractivity contribution in [2.45, 2.75) is 31.2 Å². The number of carbonyl (C=O) groups is 1. The first-order chi connectivity index (χ1) is 15.4. The fourth-order valence-electron chi connectivity index (χ4n) is 3.94. The molecule has 2 saturated heterocycles. The zero-order valence-electron chi connectivity index (χ0n) is 18.4. The maximum atomic E-state index is 12.8. The topological polar surface area (TPSA) is 91.8 Å². The predicted molar refractivity (Wildman–Crippen MR) is 122 cm³/mol. The molecule has 32 heavy (non-hydrogen) atoms. The van der Waals surface area contributed by atoms with Crippen molar-refractivity contribution < 1.29 is 17.9 Å². The van der Waals surface area contributed by atoms with Crippen molar-refractivity contribution in [1.29, 1.82) is 0 Å². The third kappa shape index (κ3) is 5.28. The third-order valence-electron chi connectivity index (χ3n) is 6.09. The van der Waals surface area contributed by atoms with Gasteiger partial charge in [-0.2, -0.15) is 4.31 Å². The van der Waals surface area contributed by atoms with Gasteiger partial charge in [-0.1, -0.05) is 13.0 Å². The lowest BCUT2D eigenvalue weighted by Gasteiger charge is -2.29. The highest BCUT2D eigenvalue weighted by molar-refractivity contribution is 7.89. The predicted octanol–water partition coefficient (Wildman–Crippen LogP) is 2.27. The van der Waals surface area contributed by atoms with Gasteiger partial charge in [-0.3, -0.25) is 4.79 Å². The molecule has 2 aliphatic heterocycles. The van der Waals surface area contributed by atoms with E-state index in [0.717, 1.165) is 37.3 Å². The molecule has 0 aliphatic carbocycles. The van der Waals surface area contributed by atoms with Gasteiger partial charge in [0.25, 0.3) is 5.91 Å². The van der Waals surface area contributed by atoms with Crippen LogP contribution in [-0.4, -0.2) is 63.0 Å². The summed E-state index contributed by atoms with van der Waals surface area (Å²) in [5.74, 6) is 1.21. The summed E-state index contributed by atoms with van der Waals surface area (Å²) in [4.78, 5) is 19.4. The van der Waals surface area contributed by atoms with Crippen LogP contribution in [0.2, 0.25) is 0 Å². The van der Waals surface area contributed by atoms with Gasteiger partial charge in [0.15, 0.2) is 0 Å². The Morgan fingerprint density at radius 2 is 1.75 bits per heavy atom. The second-order valence-corrected chi connectivity index (χ2v) is 10.4. The molecule has 0 atom stereocenters. The lowest BCUT2D eigenvalue weighted by molar-refractivity contribution is 0.0950. The molecule has 4 rings (SSSR count). The lowest BCUT2D eigenvalue weighted by Crippen LogP contribution is -2.37. The maximum Gasteiger partial charge on any atom is 0.251 e. The molecule has 2 aliphatic rings. The smallest absolute Gasteiger partial charge is 0.251 e. The number of carbonyl (C=O) groups excluding carboxylic acids is 1. The van der Waals surface area contributed by atoms with E-state index >= 15 is 0 Å². The van der Waals surface area contributed by atoms with Gasteiger partial charge in [0, 0.05) is 44.5 Å². The Kier molecular flexibility index (Phi) is 7.07. The quantitative estimate of drug-likeness (QED) is 0.714. The van der Waals surface area contributed by atoms with Crippen LogP contribution in [-0.2, 0) is 21.3 Å². The number of ether oxygens (including phenoxy) is 1. The minimum absolute atomic E-state index is 0.228. The fraction of sp³-hybridized carbons (Fsp3) is 0.478. The molecule has 172 valence electrons. The van der Waals surface area contributed by atoms with Crippen LogP contribution in [0.5, 0.6) is 0 Å². The molecule has 2 fully saturated rings. The number of hydrogen-bond donors (Lipinski definition) is 1. The van der Waals surface area contributed by atoms with Crippen LogP contribution in [0.4, 0.5) is 5.82 Å². The van der Waals surface area contributed by atoms with E-state index in [0.29, 0.717) is 44.3 Å². The van der Waals surface area contributed by atoms with Crippen molar-refractivity contribution in [1.82, 2.24) is 14.6 Å². The van der Waals surface area contributed by atoms with E-state index in [9.17, 15) is 13.2 Å². The summed E-state index contributed by atoms with van der Waals surface area (Å²) in [5, 5.41) is 2.87. The molecule has 0 spiro atoms. The van der Waals surface area contributed by atoms with Crippen molar-refractivity contribution in [2.75, 3.05) is 44.3 Å². The number of morpholine rings is 1. The van der Waals surface area contributed by atoms with E-state index < -0.39 is 10.0 Å². The zero-order chi connectivity index (χ0) is 22.6. The first-order valence-corrected chi connectivity index (χ1v) is 12.5. The molecule has 2 aromatic rings. The van der Waals surface area contributed by atoms with E-state index in [1.807, 2.05) is 12.1 Å². The van der Waals surface area contributed by atoms with Crippen molar-refractivity contribution in [3.63, 3.8) is 0 Å². The van der Waals surface area contributed by atoms with Crippen molar-refractivity contribution in [3.05, 3.63) is 53.7 Å². The molecule has 1 amide bonds. The minimum Gasteiger partial charge on any atom is -0.378 e. The standard InChI is InChI=1S/C23H30N4O4S/c1-18-8-10-27(11-9-18)32(29,30)21-5-3-20(4-6-21)23(28)25-17-19-2-7-22(24-16-19)26-12-14-31-15-13-26/h2-7,16,18H,8-15,17H2,1H3,(H,25,28). The first-order valence-electron chi connectivity index (χ1n) is 11.1. The highest BCUT2D eigenvalue weighted by Gasteiger charge is 2.28. The van der Waals surface area contributed by atoms with E-state index in [1.165, 1.54) is 16.4 Å². The number of pyridine rings is 1. The molecule has 0 bridgehead atoms. The third-order valence-corrected chi connectivity index (χ3v) is 8.01. The Balaban J connectivity index is 1.33. The summed E-state index contributed by atoms with van der Waals surface area (Å²) < 4.78 is 32.6. The molecule has 1 aromatic heterocycles. The van der Waals surface area contributed by atoms with Gasteiger partial charge in [-0.05, 0) is 54.7 Å². The average molecular weight is 459 g/mol. The van der Waals surface area contributed by atoms with Gasteiger partial charge < -0.3 is 15.0 Å². The zero-order valence-corrected chi connectivity index (χ0v) is 19.2. The van der Waals surface area contributed by atoms with Gasteiger partial charge in [0.1, 0.15) is 5.82 Å². The summed E-state index contributed by atoms with van der Waals surface area (Å²) in [6.45, 7) is 6.65. The number of benzene rings is 1. The number of piperidine rings is 1. The van der Waals surface area contributed by atoms with Crippen LogP contribution in [0.15, 0.2) is 47.5 Å². The van der Waals surface area contributed by atoms with E-state index in [2.05, 4.69) is 22.1 Å². The monoisotopic (exact) mass is 458 g/mol. The number of hydrogen-bond acceptors (Lipinski definition) is 6. The highest BCUT2D eigenvalue weighted by Crippen LogP contribution is 2.23. The summed E-state index contributed by atoms with van der Waals surface area (Å²) in [7, 11) is -3.52. The SMILES string of the molecule is CC1CCN(S(=O)(=O)c2ccc(C(=O)NCc3ccc(N4CCOCC4)nc3)cc2)CC1. The minimum atomic E-state index is -3.52. The number of nitrogens with one attached hydrogen (secondary N) is 1. The molecule has 0 unspecified atom stereocenters.